The number of hydrogen-bond donors (Lipinski definition) is 4. The van der Waals surface area contributed by atoms with Crippen molar-refractivity contribution in [3.8, 4) is 0 Å². The third kappa shape index (κ3) is 5.24. The van der Waals surface area contributed by atoms with Gasteiger partial charge in [0, 0.05) is 0 Å². The number of carbonyl (C=O) groups is 2. The maximum atomic E-state index is 12.0. The molecule has 1 aliphatic carbocycles. The van der Waals surface area contributed by atoms with E-state index in [1.807, 2.05) is 13.8 Å². The Kier molecular flexibility index (Phi) is 7.60. The standard InChI is InChI=1S/C16H28O7/c1-8(2)10-5-4-9(3)6-12(10)23-16(22)15(21)14(20)13(19)11(18)7-17/h8-14,17-20H,4-7H2,1-3H3/t9?,10?,11-,12?,13+,14-/m0/s1. The van der Waals surface area contributed by atoms with Gasteiger partial charge in [-0.2, -0.15) is 0 Å². The van der Waals surface area contributed by atoms with Gasteiger partial charge in [0.25, 0.3) is 5.78 Å². The quantitative estimate of drug-likeness (QED) is 0.370. The molecule has 0 aromatic heterocycles. The molecule has 7 nitrogen and oxygen atoms in total. The van der Waals surface area contributed by atoms with E-state index < -0.39 is 42.8 Å². The number of aliphatic hydroxyl groups is 4. The van der Waals surface area contributed by atoms with Crippen LogP contribution >= 0.6 is 0 Å². The highest BCUT2D eigenvalue weighted by molar-refractivity contribution is 6.35. The van der Waals surface area contributed by atoms with Crippen LogP contribution < -0.4 is 0 Å². The topological polar surface area (TPSA) is 124 Å². The lowest BCUT2D eigenvalue weighted by Gasteiger charge is -2.36. The van der Waals surface area contributed by atoms with Crippen LogP contribution in [0.3, 0.4) is 0 Å². The maximum Gasteiger partial charge on any atom is 0.377 e. The van der Waals surface area contributed by atoms with E-state index >= 15 is 0 Å². The number of carbonyl (C=O) groups excluding carboxylic acids is 2. The molecule has 1 saturated carbocycles. The van der Waals surface area contributed by atoms with E-state index in [0.29, 0.717) is 18.3 Å². The van der Waals surface area contributed by atoms with E-state index in [-0.39, 0.29) is 5.92 Å². The molecule has 0 aromatic rings. The van der Waals surface area contributed by atoms with Crippen LogP contribution in [0.4, 0.5) is 0 Å². The Balaban J connectivity index is 2.70. The van der Waals surface area contributed by atoms with E-state index in [0.717, 1.165) is 12.8 Å². The molecule has 0 saturated heterocycles. The highest BCUT2D eigenvalue weighted by Crippen LogP contribution is 2.35. The van der Waals surface area contributed by atoms with Crippen molar-refractivity contribution < 1.29 is 34.8 Å². The first-order chi connectivity index (χ1) is 10.7. The lowest BCUT2D eigenvalue weighted by molar-refractivity contribution is -0.170. The Bertz CT molecular complexity index is 409. The van der Waals surface area contributed by atoms with Crippen molar-refractivity contribution in [1.82, 2.24) is 0 Å². The van der Waals surface area contributed by atoms with Gasteiger partial charge in [0.2, 0.25) is 0 Å². The molecule has 6 atom stereocenters. The zero-order valence-electron chi connectivity index (χ0n) is 13.9. The molecule has 0 aromatic carbocycles. The molecule has 1 aliphatic rings. The number of aliphatic hydroxyl groups excluding tert-OH is 4. The molecule has 0 bridgehead atoms. The minimum Gasteiger partial charge on any atom is -0.456 e. The van der Waals surface area contributed by atoms with E-state index in [1.165, 1.54) is 0 Å². The van der Waals surface area contributed by atoms with Gasteiger partial charge in [0.1, 0.15) is 18.3 Å². The van der Waals surface area contributed by atoms with Gasteiger partial charge in [0.05, 0.1) is 6.61 Å². The van der Waals surface area contributed by atoms with Crippen molar-refractivity contribution in [2.75, 3.05) is 6.61 Å². The zero-order chi connectivity index (χ0) is 17.7. The third-order valence-corrected chi connectivity index (χ3v) is 4.59. The minimum absolute atomic E-state index is 0.146. The molecule has 3 unspecified atom stereocenters. The Morgan fingerprint density at radius 1 is 1.17 bits per heavy atom. The number of Topliss-reactive ketones (excluding diaryl/α,β-unsaturated/α-hetero) is 1. The number of ketones is 1. The first-order valence-corrected chi connectivity index (χ1v) is 8.08. The van der Waals surface area contributed by atoms with Crippen molar-refractivity contribution in [3.05, 3.63) is 0 Å². The molecule has 4 N–H and O–H groups in total. The average Bonchev–Trinajstić information content (AvgIpc) is 2.51. The van der Waals surface area contributed by atoms with Crippen LogP contribution in [0.15, 0.2) is 0 Å². The van der Waals surface area contributed by atoms with Crippen molar-refractivity contribution in [2.45, 2.75) is 64.4 Å². The molecule has 0 aliphatic heterocycles. The monoisotopic (exact) mass is 332 g/mol. The molecule has 7 heteroatoms. The Labute approximate surface area is 136 Å². The first-order valence-electron chi connectivity index (χ1n) is 8.08. The van der Waals surface area contributed by atoms with Crippen LogP contribution in [-0.4, -0.2) is 63.2 Å². The van der Waals surface area contributed by atoms with E-state index in [2.05, 4.69) is 6.92 Å². The summed E-state index contributed by atoms with van der Waals surface area (Å²) in [6.45, 7) is 5.27. The Morgan fingerprint density at radius 2 is 1.78 bits per heavy atom. The summed E-state index contributed by atoms with van der Waals surface area (Å²) < 4.78 is 5.28. The van der Waals surface area contributed by atoms with Crippen LogP contribution in [0, 0.1) is 17.8 Å². The molecule has 0 heterocycles. The summed E-state index contributed by atoms with van der Waals surface area (Å²) in [7, 11) is 0. The Hall–Kier alpha value is -1.02. The van der Waals surface area contributed by atoms with Crippen molar-refractivity contribution in [2.24, 2.45) is 17.8 Å². The Morgan fingerprint density at radius 3 is 2.30 bits per heavy atom. The fourth-order valence-corrected chi connectivity index (χ4v) is 3.04. The predicted molar refractivity (Wildman–Crippen MR) is 81.3 cm³/mol. The summed E-state index contributed by atoms with van der Waals surface area (Å²) in [5, 5.41) is 37.1. The number of ether oxygens (including phenoxy) is 1. The fourth-order valence-electron chi connectivity index (χ4n) is 3.04. The first kappa shape index (κ1) is 20.0. The van der Waals surface area contributed by atoms with E-state index in [1.54, 1.807) is 0 Å². The number of esters is 1. The van der Waals surface area contributed by atoms with Gasteiger partial charge >= 0.3 is 5.97 Å². The molecule has 23 heavy (non-hydrogen) atoms. The van der Waals surface area contributed by atoms with Crippen molar-refractivity contribution >= 4 is 11.8 Å². The van der Waals surface area contributed by atoms with Crippen molar-refractivity contribution in [1.29, 1.82) is 0 Å². The summed E-state index contributed by atoms with van der Waals surface area (Å²) in [6, 6.07) is 0. The van der Waals surface area contributed by atoms with Gasteiger partial charge in [-0.1, -0.05) is 27.2 Å². The molecule has 1 rings (SSSR count). The van der Waals surface area contributed by atoms with Gasteiger partial charge in [-0.3, -0.25) is 4.79 Å². The summed E-state index contributed by atoms with van der Waals surface area (Å²) in [5.41, 5.74) is 0. The minimum atomic E-state index is -2.12. The van der Waals surface area contributed by atoms with Gasteiger partial charge in [-0.15, -0.1) is 0 Å². The van der Waals surface area contributed by atoms with Gasteiger partial charge in [-0.05, 0) is 30.6 Å². The second-order valence-electron chi connectivity index (χ2n) is 6.82. The summed E-state index contributed by atoms with van der Waals surface area (Å²) in [6.07, 6.45) is -3.58. The second-order valence-corrected chi connectivity index (χ2v) is 6.82. The van der Waals surface area contributed by atoms with Crippen LogP contribution in [-0.2, 0) is 14.3 Å². The second kappa shape index (κ2) is 8.73. The van der Waals surface area contributed by atoms with Gasteiger partial charge in [-0.25, -0.2) is 4.79 Å². The molecule has 0 spiro atoms. The van der Waals surface area contributed by atoms with Crippen LogP contribution in [0.2, 0.25) is 0 Å². The lowest BCUT2D eigenvalue weighted by atomic mass is 9.75. The summed E-state index contributed by atoms with van der Waals surface area (Å²) >= 11 is 0. The molecule has 134 valence electrons. The summed E-state index contributed by atoms with van der Waals surface area (Å²) in [5.74, 6) is -1.71. The van der Waals surface area contributed by atoms with E-state index in [9.17, 15) is 24.9 Å². The number of hydrogen-bond acceptors (Lipinski definition) is 7. The highest BCUT2D eigenvalue weighted by Gasteiger charge is 2.38. The summed E-state index contributed by atoms with van der Waals surface area (Å²) in [4.78, 5) is 23.8. The molecular weight excluding hydrogens is 304 g/mol. The maximum absolute atomic E-state index is 12.0. The van der Waals surface area contributed by atoms with Crippen molar-refractivity contribution in [3.63, 3.8) is 0 Å². The number of rotatable bonds is 7. The van der Waals surface area contributed by atoms with Crippen LogP contribution in [0.5, 0.6) is 0 Å². The van der Waals surface area contributed by atoms with Crippen LogP contribution in [0.1, 0.15) is 40.0 Å². The molecule has 1 fully saturated rings. The SMILES string of the molecule is CC1CCC(C(C)C)C(OC(=O)C(=O)[C@@H](O)[C@H](O)[C@@H](O)CO)C1. The molecular formula is C16H28O7. The molecule has 0 amide bonds. The fraction of sp³-hybridized carbons (Fsp3) is 0.875. The predicted octanol–water partition coefficient (Wildman–Crippen LogP) is -0.366. The highest BCUT2D eigenvalue weighted by atomic mass is 16.6. The zero-order valence-corrected chi connectivity index (χ0v) is 13.9. The largest absolute Gasteiger partial charge is 0.456 e. The van der Waals surface area contributed by atoms with Gasteiger partial charge in [0.15, 0.2) is 6.10 Å². The molecule has 0 radical (unpaired) electrons. The third-order valence-electron chi connectivity index (χ3n) is 4.59. The van der Waals surface area contributed by atoms with Crippen LogP contribution in [0.25, 0.3) is 0 Å². The van der Waals surface area contributed by atoms with E-state index in [4.69, 9.17) is 9.84 Å². The van der Waals surface area contributed by atoms with Gasteiger partial charge < -0.3 is 25.2 Å². The average molecular weight is 332 g/mol. The normalized spacial score (nSPS) is 29.0. The smallest absolute Gasteiger partial charge is 0.377 e. The lowest BCUT2D eigenvalue weighted by Crippen LogP contribution is -2.48.